The van der Waals surface area contributed by atoms with Crippen molar-refractivity contribution >= 4 is 14.0 Å². The van der Waals surface area contributed by atoms with Crippen LogP contribution in [0.25, 0.3) is 0 Å². The van der Waals surface area contributed by atoms with Gasteiger partial charge in [0.05, 0.1) is 19.9 Å². The molecule has 1 rings (SSSR count). The maximum Gasteiger partial charge on any atom is 0.466 e. The summed E-state index contributed by atoms with van der Waals surface area (Å²) in [4.78, 5) is 21.6. The van der Waals surface area contributed by atoms with Gasteiger partial charge in [0.1, 0.15) is 0 Å². The third kappa shape index (κ3) is 10.8. The molecule has 9 heteroatoms. The fourth-order valence-corrected chi connectivity index (χ4v) is 1.22. The van der Waals surface area contributed by atoms with Crippen LogP contribution >= 0.6 is 7.82 Å². The van der Waals surface area contributed by atoms with Crippen LogP contribution in [0.5, 0.6) is 11.5 Å². The highest BCUT2D eigenvalue weighted by Crippen LogP contribution is 2.27. The van der Waals surface area contributed by atoms with Gasteiger partial charge in [0.15, 0.2) is 11.5 Å². The van der Waals surface area contributed by atoms with E-state index in [1.165, 1.54) is 0 Å². The summed E-state index contributed by atoms with van der Waals surface area (Å²) in [7, 11) is 0.745. The molecule has 1 aromatic rings. The Hall–Kier alpha value is -1.60. The first-order chi connectivity index (χ1) is 9.67. The number of hydrogen-bond donors (Lipinski definition) is 3. The minimum absolute atomic E-state index is 0.626. The first kappa shape index (κ1) is 19.4. The van der Waals surface area contributed by atoms with Crippen molar-refractivity contribution in [1.82, 2.24) is 5.01 Å². The van der Waals surface area contributed by atoms with Crippen molar-refractivity contribution in [2.75, 3.05) is 27.8 Å². The molecule has 0 fully saturated rings. The SMILES string of the molecule is CCOc1ccc(/C=N/N(C)C)cc1OC.O=P(O)(O)O. The van der Waals surface area contributed by atoms with E-state index >= 15 is 0 Å². The number of nitrogens with zero attached hydrogens (tertiary/aromatic N) is 2. The summed E-state index contributed by atoms with van der Waals surface area (Å²) in [6.45, 7) is 2.57. The van der Waals surface area contributed by atoms with Crippen molar-refractivity contribution in [3.05, 3.63) is 23.8 Å². The lowest BCUT2D eigenvalue weighted by molar-refractivity contribution is 0.275. The molecule has 0 saturated heterocycles. The molecule has 1 aromatic carbocycles. The first-order valence-electron chi connectivity index (χ1n) is 5.97. The first-order valence-corrected chi connectivity index (χ1v) is 7.54. The molecular weight excluding hydrogens is 299 g/mol. The minimum Gasteiger partial charge on any atom is -0.493 e. The maximum absolute atomic E-state index is 8.88. The highest BCUT2D eigenvalue weighted by Gasteiger charge is 2.03. The molecule has 3 N–H and O–H groups in total. The highest BCUT2D eigenvalue weighted by atomic mass is 31.2. The smallest absolute Gasteiger partial charge is 0.466 e. The molecule has 0 aromatic heterocycles. The molecule has 0 saturated carbocycles. The van der Waals surface area contributed by atoms with Crippen LogP contribution in [-0.2, 0) is 4.57 Å². The lowest BCUT2D eigenvalue weighted by atomic mass is 10.2. The third-order valence-electron chi connectivity index (χ3n) is 1.93. The summed E-state index contributed by atoms with van der Waals surface area (Å²) in [5.74, 6) is 1.48. The Morgan fingerprint density at radius 3 is 2.29 bits per heavy atom. The predicted molar refractivity (Wildman–Crippen MR) is 79.7 cm³/mol. The number of ether oxygens (including phenoxy) is 2. The summed E-state index contributed by atoms with van der Waals surface area (Å²) in [5, 5.41) is 5.90. The molecule has 0 amide bonds. The molecule has 0 spiro atoms. The number of hydrazone groups is 1. The summed E-state index contributed by atoms with van der Waals surface area (Å²) in [6, 6.07) is 5.73. The van der Waals surface area contributed by atoms with E-state index < -0.39 is 7.82 Å². The number of rotatable bonds is 5. The molecule has 0 aliphatic heterocycles. The van der Waals surface area contributed by atoms with Crippen LogP contribution in [0.4, 0.5) is 0 Å². The molecule has 0 bridgehead atoms. The van der Waals surface area contributed by atoms with Crippen LogP contribution in [0.2, 0.25) is 0 Å². The Labute approximate surface area is 123 Å². The van der Waals surface area contributed by atoms with Gasteiger partial charge in [-0.3, -0.25) is 0 Å². The van der Waals surface area contributed by atoms with Crippen LogP contribution < -0.4 is 9.47 Å². The summed E-state index contributed by atoms with van der Waals surface area (Å²) in [6.07, 6.45) is 1.78. The van der Waals surface area contributed by atoms with Gasteiger partial charge in [0.25, 0.3) is 0 Å². The summed E-state index contributed by atoms with van der Waals surface area (Å²) >= 11 is 0. The topological polar surface area (TPSA) is 112 Å². The van der Waals surface area contributed by atoms with E-state index in [4.69, 9.17) is 28.7 Å². The normalized spacial score (nSPS) is 10.8. The molecule has 0 radical (unpaired) electrons. The molecule has 0 aliphatic carbocycles. The van der Waals surface area contributed by atoms with E-state index in [2.05, 4.69) is 5.10 Å². The summed E-state index contributed by atoms with van der Waals surface area (Å²) < 4.78 is 19.6. The fourth-order valence-electron chi connectivity index (χ4n) is 1.22. The van der Waals surface area contributed by atoms with Crippen molar-refractivity contribution in [3.8, 4) is 11.5 Å². The standard InChI is InChI=1S/C12H18N2O2.H3O4P/c1-5-16-11-7-6-10(8-12(11)15-4)9-13-14(2)3;1-5(2,3)4/h6-9H,5H2,1-4H3;(H3,1,2,3,4)/b13-9+;. The minimum atomic E-state index is -4.64. The zero-order valence-corrected chi connectivity index (χ0v) is 13.3. The van der Waals surface area contributed by atoms with Gasteiger partial charge in [0, 0.05) is 14.1 Å². The largest absolute Gasteiger partial charge is 0.493 e. The van der Waals surface area contributed by atoms with Gasteiger partial charge < -0.3 is 29.2 Å². The predicted octanol–water partition coefficient (Wildman–Crippen LogP) is 1.06. The van der Waals surface area contributed by atoms with Crippen LogP contribution in [0.3, 0.4) is 0 Å². The van der Waals surface area contributed by atoms with Gasteiger partial charge in [0.2, 0.25) is 0 Å². The van der Waals surface area contributed by atoms with Gasteiger partial charge >= 0.3 is 7.82 Å². The maximum atomic E-state index is 8.88. The van der Waals surface area contributed by atoms with Crippen LogP contribution in [0.1, 0.15) is 12.5 Å². The lowest BCUT2D eigenvalue weighted by Gasteiger charge is -2.09. The average molecular weight is 320 g/mol. The van der Waals surface area contributed by atoms with Crippen LogP contribution in [0, 0.1) is 0 Å². The van der Waals surface area contributed by atoms with E-state index in [1.807, 2.05) is 39.2 Å². The second kappa shape index (κ2) is 9.36. The highest BCUT2D eigenvalue weighted by molar-refractivity contribution is 7.45. The third-order valence-corrected chi connectivity index (χ3v) is 1.93. The Kier molecular flexibility index (Phi) is 8.64. The van der Waals surface area contributed by atoms with Crippen LogP contribution in [0.15, 0.2) is 23.3 Å². The van der Waals surface area contributed by atoms with Gasteiger partial charge in [-0.25, -0.2) is 4.57 Å². The molecule has 120 valence electrons. The molecule has 8 nitrogen and oxygen atoms in total. The number of phosphoric acid groups is 1. The monoisotopic (exact) mass is 320 g/mol. The summed E-state index contributed by atoms with van der Waals surface area (Å²) in [5.41, 5.74) is 0.981. The fraction of sp³-hybridized carbons (Fsp3) is 0.417. The Bertz CT molecular complexity index is 492. The lowest BCUT2D eigenvalue weighted by Crippen LogP contribution is -2.02. The van der Waals surface area contributed by atoms with Gasteiger partial charge in [-0.15, -0.1) is 0 Å². The quantitative estimate of drug-likeness (QED) is 0.422. The number of benzene rings is 1. The second-order valence-electron chi connectivity index (χ2n) is 3.95. The van der Waals surface area contributed by atoms with Crippen molar-refractivity contribution in [2.45, 2.75) is 6.92 Å². The Morgan fingerprint density at radius 1 is 1.29 bits per heavy atom. The Morgan fingerprint density at radius 2 is 1.86 bits per heavy atom. The van der Waals surface area contributed by atoms with E-state index in [0.29, 0.717) is 6.61 Å². The van der Waals surface area contributed by atoms with Crippen molar-refractivity contribution < 1.29 is 28.7 Å². The average Bonchev–Trinajstić information content (AvgIpc) is 2.35. The molecule has 0 heterocycles. The van der Waals surface area contributed by atoms with Gasteiger partial charge in [-0.2, -0.15) is 5.10 Å². The zero-order chi connectivity index (χ0) is 16.5. The second-order valence-corrected chi connectivity index (χ2v) is 4.97. The van der Waals surface area contributed by atoms with Gasteiger partial charge in [-0.05, 0) is 30.7 Å². The van der Waals surface area contributed by atoms with Gasteiger partial charge in [-0.1, -0.05) is 0 Å². The zero-order valence-electron chi connectivity index (χ0n) is 12.4. The van der Waals surface area contributed by atoms with Crippen molar-refractivity contribution in [3.63, 3.8) is 0 Å². The molecule has 0 unspecified atom stereocenters. The number of methoxy groups -OCH3 is 1. The van der Waals surface area contributed by atoms with Crippen molar-refractivity contribution in [2.24, 2.45) is 5.10 Å². The molecule has 0 aliphatic rings. The van der Waals surface area contributed by atoms with E-state index in [0.717, 1.165) is 17.1 Å². The van der Waals surface area contributed by atoms with E-state index in [-0.39, 0.29) is 0 Å². The van der Waals surface area contributed by atoms with Crippen molar-refractivity contribution in [1.29, 1.82) is 0 Å². The Balaban J connectivity index is 0.000000690. The molecular formula is C12H21N2O6P. The molecule has 21 heavy (non-hydrogen) atoms. The van der Waals surface area contributed by atoms with E-state index in [9.17, 15) is 0 Å². The van der Waals surface area contributed by atoms with Crippen LogP contribution in [-0.4, -0.2) is 53.7 Å². The van der Waals surface area contributed by atoms with E-state index in [1.54, 1.807) is 18.3 Å². The molecule has 0 atom stereocenters. The number of hydrogen-bond acceptors (Lipinski definition) is 5.